The number of aromatic nitrogens is 1. The fourth-order valence-corrected chi connectivity index (χ4v) is 4.07. The van der Waals surface area contributed by atoms with Crippen molar-refractivity contribution in [1.82, 2.24) is 15.2 Å². The lowest BCUT2D eigenvalue weighted by Gasteiger charge is -2.32. The smallest absolute Gasteiger partial charge is 0.321 e. The first-order valence-electron chi connectivity index (χ1n) is 11.4. The Hall–Kier alpha value is -3.13. The summed E-state index contributed by atoms with van der Waals surface area (Å²) < 4.78 is 5.37. The Bertz CT molecular complexity index is 876. The van der Waals surface area contributed by atoms with Gasteiger partial charge in [0.25, 0.3) is 0 Å². The van der Waals surface area contributed by atoms with Gasteiger partial charge in [0, 0.05) is 38.6 Å². The molecule has 1 aromatic heterocycles. The molecule has 3 amide bonds. The number of morpholine rings is 1. The molecule has 2 aromatic rings. The van der Waals surface area contributed by atoms with E-state index in [1.165, 1.54) is 5.56 Å². The van der Waals surface area contributed by atoms with E-state index in [9.17, 15) is 9.59 Å². The molecule has 3 heterocycles. The van der Waals surface area contributed by atoms with Gasteiger partial charge in [-0.05, 0) is 37.0 Å². The van der Waals surface area contributed by atoms with E-state index in [1.807, 2.05) is 42.5 Å². The Morgan fingerprint density at radius 2 is 1.75 bits per heavy atom. The average molecular weight is 438 g/mol. The second-order valence-corrected chi connectivity index (χ2v) is 8.25. The highest BCUT2D eigenvalue weighted by Gasteiger charge is 2.24. The Labute approximate surface area is 188 Å². The molecule has 32 heavy (non-hydrogen) atoms. The fraction of sp³-hybridized carbons (Fsp3) is 0.458. The van der Waals surface area contributed by atoms with E-state index in [1.54, 1.807) is 11.1 Å². The molecule has 0 saturated carbocycles. The van der Waals surface area contributed by atoms with Gasteiger partial charge in [0.15, 0.2) is 0 Å². The fourth-order valence-electron chi connectivity index (χ4n) is 4.07. The molecule has 0 unspecified atom stereocenters. The lowest BCUT2D eigenvalue weighted by molar-refractivity contribution is -0.122. The summed E-state index contributed by atoms with van der Waals surface area (Å²) >= 11 is 0. The van der Waals surface area contributed by atoms with Gasteiger partial charge in [-0.3, -0.25) is 4.79 Å². The number of hydrogen-bond acceptors (Lipinski definition) is 5. The minimum Gasteiger partial charge on any atom is -0.378 e. The molecular formula is C24H31N5O3. The van der Waals surface area contributed by atoms with Gasteiger partial charge in [0.05, 0.1) is 25.1 Å². The number of urea groups is 1. The Morgan fingerprint density at radius 1 is 1.00 bits per heavy atom. The second-order valence-electron chi connectivity index (χ2n) is 8.25. The molecule has 4 rings (SSSR count). The molecule has 0 aliphatic carbocycles. The number of hydrogen-bond donors (Lipinski definition) is 2. The highest BCUT2D eigenvalue weighted by atomic mass is 16.5. The first-order chi connectivity index (χ1) is 15.7. The highest BCUT2D eigenvalue weighted by Crippen LogP contribution is 2.17. The van der Waals surface area contributed by atoms with E-state index in [-0.39, 0.29) is 18.0 Å². The predicted octanol–water partition coefficient (Wildman–Crippen LogP) is 2.66. The van der Waals surface area contributed by atoms with Crippen LogP contribution >= 0.6 is 0 Å². The maximum atomic E-state index is 12.6. The summed E-state index contributed by atoms with van der Waals surface area (Å²) in [6.07, 6.45) is 4.45. The van der Waals surface area contributed by atoms with Gasteiger partial charge in [0.1, 0.15) is 5.82 Å². The maximum absolute atomic E-state index is 12.6. The number of piperidine rings is 1. The van der Waals surface area contributed by atoms with Crippen molar-refractivity contribution in [1.29, 1.82) is 0 Å². The van der Waals surface area contributed by atoms with Gasteiger partial charge in [-0.25, -0.2) is 9.78 Å². The van der Waals surface area contributed by atoms with Crippen LogP contribution in [0.3, 0.4) is 0 Å². The maximum Gasteiger partial charge on any atom is 0.321 e. The van der Waals surface area contributed by atoms with Crippen molar-refractivity contribution in [2.24, 2.45) is 0 Å². The summed E-state index contributed by atoms with van der Waals surface area (Å²) in [4.78, 5) is 33.3. The van der Waals surface area contributed by atoms with Crippen molar-refractivity contribution in [3.05, 3.63) is 54.2 Å². The van der Waals surface area contributed by atoms with Crippen LogP contribution in [0.1, 0.15) is 24.8 Å². The van der Waals surface area contributed by atoms with Crippen molar-refractivity contribution in [3.63, 3.8) is 0 Å². The zero-order valence-electron chi connectivity index (χ0n) is 18.3. The molecule has 2 saturated heterocycles. The molecule has 2 fully saturated rings. The molecule has 1 aromatic carbocycles. The number of ether oxygens (including phenoxy) is 1. The van der Waals surface area contributed by atoms with Gasteiger partial charge < -0.3 is 25.2 Å². The molecule has 0 bridgehead atoms. The molecule has 2 N–H and O–H groups in total. The molecule has 2 aliphatic rings. The number of pyridine rings is 1. The van der Waals surface area contributed by atoms with Crippen LogP contribution in [0, 0.1) is 0 Å². The molecule has 8 heteroatoms. The summed E-state index contributed by atoms with van der Waals surface area (Å²) in [5, 5.41) is 6.04. The Balaban J connectivity index is 1.17. The van der Waals surface area contributed by atoms with Crippen LogP contribution < -0.4 is 15.5 Å². The minimum absolute atomic E-state index is 0.0724. The zero-order valence-corrected chi connectivity index (χ0v) is 18.3. The summed E-state index contributed by atoms with van der Waals surface area (Å²) in [6.45, 7) is 4.32. The molecular weight excluding hydrogens is 406 g/mol. The molecule has 0 radical (unpaired) electrons. The number of benzene rings is 1. The summed E-state index contributed by atoms with van der Waals surface area (Å²) in [5.74, 6) is 0.971. The van der Waals surface area contributed by atoms with Gasteiger partial charge in [-0.1, -0.05) is 30.3 Å². The lowest BCUT2D eigenvalue weighted by Crippen LogP contribution is -2.47. The topological polar surface area (TPSA) is 86.8 Å². The van der Waals surface area contributed by atoms with Crippen molar-refractivity contribution < 1.29 is 14.3 Å². The second kappa shape index (κ2) is 10.9. The number of rotatable bonds is 6. The molecule has 8 nitrogen and oxygen atoms in total. The number of carbonyl (C=O) groups is 2. The normalized spacial score (nSPS) is 17.1. The number of nitrogens with one attached hydrogen (secondary N) is 2. The van der Waals surface area contributed by atoms with Gasteiger partial charge in [-0.15, -0.1) is 0 Å². The minimum atomic E-state index is -0.125. The summed E-state index contributed by atoms with van der Waals surface area (Å²) in [7, 11) is 0. The Kier molecular flexibility index (Phi) is 7.55. The first-order valence-corrected chi connectivity index (χ1v) is 11.4. The number of likely N-dealkylation sites (tertiary alicyclic amines) is 1. The third-order valence-corrected chi connectivity index (χ3v) is 5.97. The quantitative estimate of drug-likeness (QED) is 0.726. The van der Waals surface area contributed by atoms with Crippen LogP contribution in [0.2, 0.25) is 0 Å². The third-order valence-electron chi connectivity index (χ3n) is 5.97. The lowest BCUT2D eigenvalue weighted by atomic mass is 10.0. The first kappa shape index (κ1) is 22.1. The number of amides is 3. The number of nitrogens with zero attached hydrogens (tertiary/aromatic N) is 3. The largest absolute Gasteiger partial charge is 0.378 e. The van der Waals surface area contributed by atoms with E-state index < -0.39 is 0 Å². The highest BCUT2D eigenvalue weighted by molar-refractivity contribution is 5.89. The van der Waals surface area contributed by atoms with E-state index in [0.717, 1.165) is 38.2 Å². The predicted molar refractivity (Wildman–Crippen MR) is 124 cm³/mol. The average Bonchev–Trinajstić information content (AvgIpc) is 2.85. The van der Waals surface area contributed by atoms with Crippen LogP contribution in [-0.4, -0.2) is 67.3 Å². The number of anilines is 2. The van der Waals surface area contributed by atoms with E-state index >= 15 is 0 Å². The van der Waals surface area contributed by atoms with Gasteiger partial charge in [0.2, 0.25) is 5.91 Å². The molecule has 2 aliphatic heterocycles. The van der Waals surface area contributed by atoms with Crippen molar-refractivity contribution in [3.8, 4) is 0 Å². The van der Waals surface area contributed by atoms with Gasteiger partial charge in [-0.2, -0.15) is 0 Å². The zero-order chi connectivity index (χ0) is 22.2. The van der Waals surface area contributed by atoms with Crippen LogP contribution in [0.4, 0.5) is 16.3 Å². The van der Waals surface area contributed by atoms with Crippen LogP contribution in [0.25, 0.3) is 0 Å². The van der Waals surface area contributed by atoms with Crippen molar-refractivity contribution >= 4 is 23.4 Å². The van der Waals surface area contributed by atoms with Crippen LogP contribution in [0.15, 0.2) is 48.7 Å². The standard InChI is InChI=1S/C24H31N5O3/c30-23(9-6-19-4-2-1-3-5-19)26-20-10-12-29(13-11-20)24(31)27-21-7-8-22(25-18-21)28-14-16-32-17-15-28/h1-5,7-8,18,20H,6,9-17H2,(H,26,30)(H,27,31). The van der Waals surface area contributed by atoms with E-state index in [2.05, 4.69) is 20.5 Å². The summed E-state index contributed by atoms with van der Waals surface area (Å²) in [5.41, 5.74) is 1.85. The van der Waals surface area contributed by atoms with Crippen molar-refractivity contribution in [2.45, 2.75) is 31.7 Å². The third kappa shape index (κ3) is 6.20. The summed E-state index contributed by atoms with van der Waals surface area (Å²) in [6, 6.07) is 13.8. The van der Waals surface area contributed by atoms with E-state index in [0.29, 0.717) is 38.4 Å². The molecule has 0 atom stereocenters. The molecule has 170 valence electrons. The van der Waals surface area contributed by atoms with E-state index in [4.69, 9.17) is 4.74 Å². The monoisotopic (exact) mass is 437 g/mol. The van der Waals surface area contributed by atoms with Gasteiger partial charge >= 0.3 is 6.03 Å². The SMILES string of the molecule is O=C(CCc1ccccc1)NC1CCN(C(=O)Nc2ccc(N3CCOCC3)nc2)CC1. The van der Waals surface area contributed by atoms with Crippen LogP contribution in [0.5, 0.6) is 0 Å². The number of aryl methyl sites for hydroxylation is 1. The number of carbonyl (C=O) groups excluding carboxylic acids is 2. The van der Waals surface area contributed by atoms with Crippen molar-refractivity contribution in [2.75, 3.05) is 49.6 Å². The molecule has 0 spiro atoms. The van der Waals surface area contributed by atoms with Crippen LogP contribution in [-0.2, 0) is 16.0 Å². The Morgan fingerprint density at radius 3 is 2.44 bits per heavy atom.